The maximum atomic E-state index is 12.2. The van der Waals surface area contributed by atoms with Gasteiger partial charge in [0.1, 0.15) is 12.1 Å². The van der Waals surface area contributed by atoms with Crippen LogP contribution in [0.2, 0.25) is 0 Å². The normalized spacial score (nSPS) is 14.2. The maximum Gasteiger partial charge on any atom is 0.266 e. The van der Waals surface area contributed by atoms with Gasteiger partial charge in [-0.2, -0.15) is 5.10 Å². The van der Waals surface area contributed by atoms with Crippen molar-refractivity contribution in [3.8, 4) is 11.3 Å². The average Bonchev–Trinajstić information content (AvgIpc) is 2.72. The third-order valence-electron chi connectivity index (χ3n) is 4.90. The summed E-state index contributed by atoms with van der Waals surface area (Å²) in [6, 6.07) is 11.0. The van der Waals surface area contributed by atoms with Crippen molar-refractivity contribution in [2.45, 2.75) is 6.54 Å². The molecule has 0 bridgehead atoms. The summed E-state index contributed by atoms with van der Waals surface area (Å²) in [6.45, 7) is 2.20. The van der Waals surface area contributed by atoms with E-state index < -0.39 is 0 Å². The van der Waals surface area contributed by atoms with Crippen LogP contribution in [-0.2, 0) is 6.54 Å². The summed E-state index contributed by atoms with van der Waals surface area (Å²) in [5.74, 6) is 1.22. The Morgan fingerprint density at radius 3 is 2.75 bits per heavy atom. The fourth-order valence-corrected chi connectivity index (χ4v) is 3.48. The molecule has 1 aliphatic heterocycles. The fraction of sp³-hybridized carbons (Fsp3) is 0.200. The first-order valence-electron chi connectivity index (χ1n) is 9.07. The second-order valence-corrected chi connectivity index (χ2v) is 6.82. The van der Waals surface area contributed by atoms with Crippen molar-refractivity contribution in [3.05, 3.63) is 71.7 Å². The molecule has 28 heavy (non-hydrogen) atoms. The molecule has 0 N–H and O–H groups in total. The Labute approximate surface area is 160 Å². The van der Waals surface area contributed by atoms with Crippen molar-refractivity contribution in [2.24, 2.45) is 5.92 Å². The van der Waals surface area contributed by atoms with Gasteiger partial charge in [0.05, 0.1) is 17.6 Å². The molecule has 0 unspecified atom stereocenters. The minimum atomic E-state index is -0.0947. The average molecular weight is 371 g/mol. The Hall–Kier alpha value is -3.68. The quantitative estimate of drug-likeness (QED) is 0.540. The van der Waals surface area contributed by atoms with Crippen LogP contribution >= 0.6 is 0 Å². The largest absolute Gasteiger partial charge is 0.355 e. The van der Waals surface area contributed by atoms with Gasteiger partial charge >= 0.3 is 0 Å². The first-order valence-corrected chi connectivity index (χ1v) is 9.07. The molecule has 8 heteroatoms. The highest BCUT2D eigenvalue weighted by Gasteiger charge is 2.30. The number of nitrogens with zero attached hydrogens (tertiary/aromatic N) is 7. The van der Waals surface area contributed by atoms with Gasteiger partial charge in [0.2, 0.25) is 0 Å². The van der Waals surface area contributed by atoms with Crippen LogP contribution in [0.3, 0.4) is 0 Å². The van der Waals surface area contributed by atoms with Gasteiger partial charge in [0.15, 0.2) is 5.65 Å². The van der Waals surface area contributed by atoms with E-state index in [1.54, 1.807) is 41.7 Å². The van der Waals surface area contributed by atoms with Crippen molar-refractivity contribution in [1.82, 2.24) is 29.7 Å². The first-order chi connectivity index (χ1) is 13.8. The Bertz CT molecular complexity index is 1180. The zero-order valence-corrected chi connectivity index (χ0v) is 15.0. The first kappa shape index (κ1) is 16.5. The van der Waals surface area contributed by atoms with E-state index in [9.17, 15) is 4.79 Å². The van der Waals surface area contributed by atoms with Crippen LogP contribution in [0.1, 0.15) is 0 Å². The molecule has 4 aromatic rings. The minimum absolute atomic E-state index is 0.0947. The molecule has 0 atom stereocenters. The van der Waals surface area contributed by atoms with E-state index in [0.29, 0.717) is 18.1 Å². The molecular formula is C20H17N7O. The highest BCUT2D eigenvalue weighted by Crippen LogP contribution is 2.28. The molecule has 1 fully saturated rings. The number of rotatable bonds is 4. The molecule has 138 valence electrons. The van der Waals surface area contributed by atoms with Crippen LogP contribution in [0, 0.1) is 5.92 Å². The van der Waals surface area contributed by atoms with Crippen LogP contribution < -0.4 is 10.5 Å². The van der Waals surface area contributed by atoms with Gasteiger partial charge in [0.25, 0.3) is 5.56 Å². The molecule has 1 saturated heterocycles. The van der Waals surface area contributed by atoms with Gasteiger partial charge in [0, 0.05) is 49.2 Å². The van der Waals surface area contributed by atoms with Gasteiger partial charge in [-0.1, -0.05) is 0 Å². The van der Waals surface area contributed by atoms with Crippen molar-refractivity contribution in [3.63, 3.8) is 0 Å². The van der Waals surface area contributed by atoms with E-state index in [4.69, 9.17) is 0 Å². The lowest BCUT2D eigenvalue weighted by atomic mass is 10.00. The topological polar surface area (TPSA) is 89.7 Å². The molecule has 4 aromatic heterocycles. The van der Waals surface area contributed by atoms with Crippen LogP contribution in [0.4, 0.5) is 5.82 Å². The minimum Gasteiger partial charge on any atom is -0.355 e. The van der Waals surface area contributed by atoms with E-state index in [0.717, 1.165) is 35.6 Å². The van der Waals surface area contributed by atoms with E-state index in [-0.39, 0.29) is 5.56 Å². The molecule has 0 radical (unpaired) electrons. The van der Waals surface area contributed by atoms with E-state index in [1.165, 1.54) is 0 Å². The third-order valence-corrected chi connectivity index (χ3v) is 4.90. The fourth-order valence-electron chi connectivity index (χ4n) is 3.48. The highest BCUT2D eigenvalue weighted by atomic mass is 16.1. The summed E-state index contributed by atoms with van der Waals surface area (Å²) < 4.78 is 1.55. The summed E-state index contributed by atoms with van der Waals surface area (Å²) in [5, 5.41) is 5.46. The molecule has 0 aliphatic carbocycles. The van der Waals surface area contributed by atoms with E-state index in [1.807, 2.05) is 24.3 Å². The van der Waals surface area contributed by atoms with Gasteiger partial charge < -0.3 is 4.90 Å². The smallest absolute Gasteiger partial charge is 0.266 e. The SMILES string of the molecule is O=c1ccc(-c2cccnc2)nn1CC1CN(c2ncnc3ncccc23)C1. The lowest BCUT2D eigenvalue weighted by Gasteiger charge is -2.40. The summed E-state index contributed by atoms with van der Waals surface area (Å²) in [5.41, 5.74) is 2.24. The van der Waals surface area contributed by atoms with Gasteiger partial charge in [-0.15, -0.1) is 0 Å². The Balaban J connectivity index is 1.33. The van der Waals surface area contributed by atoms with Crippen LogP contribution in [0.25, 0.3) is 22.3 Å². The summed E-state index contributed by atoms with van der Waals surface area (Å²) in [6.07, 6.45) is 6.73. The van der Waals surface area contributed by atoms with Crippen molar-refractivity contribution < 1.29 is 0 Å². The molecule has 1 aliphatic rings. The van der Waals surface area contributed by atoms with Crippen LogP contribution in [-0.4, -0.2) is 42.8 Å². The van der Waals surface area contributed by atoms with Crippen LogP contribution in [0.5, 0.6) is 0 Å². The van der Waals surface area contributed by atoms with Gasteiger partial charge in [-0.25, -0.2) is 19.6 Å². The van der Waals surface area contributed by atoms with Gasteiger partial charge in [-0.05, 0) is 30.3 Å². The second-order valence-electron chi connectivity index (χ2n) is 6.82. The number of pyridine rings is 2. The number of anilines is 1. The lowest BCUT2D eigenvalue weighted by molar-refractivity contribution is 0.334. The van der Waals surface area contributed by atoms with Crippen LogP contribution in [0.15, 0.2) is 66.1 Å². The summed E-state index contributed by atoms with van der Waals surface area (Å²) in [4.78, 5) is 31.5. The van der Waals surface area contributed by atoms with Gasteiger partial charge in [-0.3, -0.25) is 9.78 Å². The molecule has 8 nitrogen and oxygen atoms in total. The second kappa shape index (κ2) is 6.80. The Kier molecular flexibility index (Phi) is 4.01. The van der Waals surface area contributed by atoms with Crippen molar-refractivity contribution in [1.29, 1.82) is 0 Å². The molecule has 0 saturated carbocycles. The number of aromatic nitrogens is 6. The summed E-state index contributed by atoms with van der Waals surface area (Å²) >= 11 is 0. The van der Waals surface area contributed by atoms with Crippen molar-refractivity contribution in [2.75, 3.05) is 18.0 Å². The molecule has 0 amide bonds. The molecule has 5 heterocycles. The molecule has 0 aromatic carbocycles. The predicted octanol–water partition coefficient (Wildman–Crippen LogP) is 1.78. The predicted molar refractivity (Wildman–Crippen MR) is 105 cm³/mol. The highest BCUT2D eigenvalue weighted by molar-refractivity contribution is 5.86. The summed E-state index contributed by atoms with van der Waals surface area (Å²) in [7, 11) is 0. The monoisotopic (exact) mass is 371 g/mol. The number of hydrogen-bond acceptors (Lipinski definition) is 7. The lowest BCUT2D eigenvalue weighted by Crippen LogP contribution is -2.50. The Morgan fingerprint density at radius 2 is 1.89 bits per heavy atom. The molecule has 0 spiro atoms. The van der Waals surface area contributed by atoms with Crippen molar-refractivity contribution >= 4 is 16.9 Å². The zero-order valence-electron chi connectivity index (χ0n) is 15.0. The number of hydrogen-bond donors (Lipinski definition) is 0. The standard InChI is InChI=1S/C20H17N7O/c28-18-6-5-17(15-3-1-7-21-9-15)25-27(18)12-14-10-26(11-14)20-16-4-2-8-22-19(16)23-13-24-20/h1-9,13-14H,10-12H2. The van der Waals surface area contributed by atoms with E-state index in [2.05, 4.69) is 29.9 Å². The number of fused-ring (bicyclic) bond motifs is 1. The zero-order chi connectivity index (χ0) is 18.9. The van der Waals surface area contributed by atoms with E-state index >= 15 is 0 Å². The third kappa shape index (κ3) is 2.98. The Morgan fingerprint density at radius 1 is 1.00 bits per heavy atom. The molecular weight excluding hydrogens is 354 g/mol. The maximum absolute atomic E-state index is 12.2. The molecule has 5 rings (SSSR count).